The zero-order chi connectivity index (χ0) is 30.9. The van der Waals surface area contributed by atoms with Crippen molar-refractivity contribution >= 4 is 27.4 Å². The maximum Gasteiger partial charge on any atom is 0.175 e. The van der Waals surface area contributed by atoms with E-state index in [0.29, 0.717) is 48.3 Å². The number of anilines is 1. The molecule has 2 bridgehead atoms. The zero-order valence-corrected chi connectivity index (χ0v) is 25.2. The number of nitrogens with zero attached hydrogens (tertiary/aromatic N) is 5. The summed E-state index contributed by atoms with van der Waals surface area (Å²) < 4.78 is 31.5. The molecule has 4 aliphatic heterocycles. The number of rotatable bonds is 3. The van der Waals surface area contributed by atoms with Crippen molar-refractivity contribution in [2.75, 3.05) is 31.1 Å². The number of aromatic hydroxyl groups is 1. The quantitative estimate of drug-likeness (QED) is 0.295. The van der Waals surface area contributed by atoms with Gasteiger partial charge in [-0.1, -0.05) is 31.0 Å². The van der Waals surface area contributed by atoms with Crippen LogP contribution in [-0.4, -0.2) is 69.9 Å². The van der Waals surface area contributed by atoms with Crippen LogP contribution in [0.15, 0.2) is 36.5 Å². The van der Waals surface area contributed by atoms with Gasteiger partial charge in [-0.3, -0.25) is 9.88 Å². The summed E-state index contributed by atoms with van der Waals surface area (Å²) in [5.41, 5.74) is 2.21. The molecule has 4 fully saturated rings. The maximum atomic E-state index is 17.0. The van der Waals surface area contributed by atoms with Crippen LogP contribution in [0.25, 0.3) is 32.9 Å². The smallest absolute Gasteiger partial charge is 0.175 e. The molecule has 2 unspecified atom stereocenters. The van der Waals surface area contributed by atoms with Gasteiger partial charge in [-0.15, -0.1) is 0 Å². The highest BCUT2D eigenvalue weighted by atomic mass is 19.1. The van der Waals surface area contributed by atoms with E-state index in [-0.39, 0.29) is 34.7 Å². The van der Waals surface area contributed by atoms with Crippen LogP contribution in [0, 0.1) is 29.0 Å². The highest BCUT2D eigenvalue weighted by Crippen LogP contribution is 2.42. The molecule has 0 radical (unpaired) electrons. The first-order chi connectivity index (χ1) is 21.9. The third-order valence-corrected chi connectivity index (χ3v) is 10.3. The number of hydrogen-bond donors (Lipinski definition) is 2. The van der Waals surface area contributed by atoms with Crippen molar-refractivity contribution < 1.29 is 13.9 Å². The van der Waals surface area contributed by atoms with Crippen molar-refractivity contribution in [2.24, 2.45) is 0 Å². The van der Waals surface area contributed by atoms with Crippen LogP contribution in [-0.2, 0) is 6.42 Å². The largest absolute Gasteiger partial charge is 0.508 e. The Hall–Kier alpha value is -4.31. The number of hydrogen-bond acceptors (Lipinski definition) is 7. The molecule has 7 nitrogen and oxygen atoms in total. The summed E-state index contributed by atoms with van der Waals surface area (Å²) in [6.07, 6.45) is 5.51. The average molecular weight is 605 g/mol. The molecule has 0 aliphatic carbocycles. The molecule has 2 aromatic heterocycles. The number of nitriles is 1. The van der Waals surface area contributed by atoms with Gasteiger partial charge in [0.25, 0.3) is 0 Å². The highest BCUT2D eigenvalue weighted by Gasteiger charge is 2.47. The van der Waals surface area contributed by atoms with Crippen LogP contribution >= 0.6 is 0 Å². The van der Waals surface area contributed by atoms with Gasteiger partial charge in [0.2, 0.25) is 0 Å². The van der Waals surface area contributed by atoms with Gasteiger partial charge in [-0.2, -0.15) is 5.26 Å². The Bertz CT molecular complexity index is 1970. The van der Waals surface area contributed by atoms with E-state index in [1.165, 1.54) is 0 Å². The predicted octanol–water partition coefficient (Wildman–Crippen LogP) is 5.60. The van der Waals surface area contributed by atoms with Gasteiger partial charge in [0, 0.05) is 55.3 Å². The Morgan fingerprint density at radius 3 is 2.78 bits per heavy atom. The second-order valence-corrected chi connectivity index (χ2v) is 13.0. The topological polar surface area (TPSA) is 88.3 Å². The van der Waals surface area contributed by atoms with Crippen molar-refractivity contribution in [3.05, 3.63) is 59.2 Å². The van der Waals surface area contributed by atoms with E-state index in [1.54, 1.807) is 18.3 Å². The first-order valence-electron chi connectivity index (χ1n) is 16.0. The number of piperazine rings is 1. The first-order valence-corrected chi connectivity index (χ1v) is 16.0. The molecular weight excluding hydrogens is 570 g/mol. The Morgan fingerprint density at radius 1 is 1.18 bits per heavy atom. The van der Waals surface area contributed by atoms with Gasteiger partial charge in [-0.05, 0) is 73.0 Å². The third kappa shape index (κ3) is 4.52. The number of phenolic OH excluding ortho intramolecular Hbond substituents is 1. The Labute approximate surface area is 260 Å². The van der Waals surface area contributed by atoms with Gasteiger partial charge in [0.05, 0.1) is 11.2 Å². The summed E-state index contributed by atoms with van der Waals surface area (Å²) in [6, 6.07) is 12.0. The van der Waals surface area contributed by atoms with E-state index in [2.05, 4.69) is 38.0 Å². The fraction of sp³-hybridized carbons (Fsp3) is 0.417. The molecule has 0 amide bonds. The van der Waals surface area contributed by atoms with Gasteiger partial charge in [0.1, 0.15) is 40.5 Å². The summed E-state index contributed by atoms with van der Waals surface area (Å²) in [6.45, 7) is 4.55. The molecule has 45 heavy (non-hydrogen) atoms. The lowest BCUT2D eigenvalue weighted by atomic mass is 9.93. The van der Waals surface area contributed by atoms with E-state index in [0.717, 1.165) is 55.0 Å². The molecule has 4 atom stereocenters. The van der Waals surface area contributed by atoms with Gasteiger partial charge in [-0.25, -0.2) is 13.8 Å². The summed E-state index contributed by atoms with van der Waals surface area (Å²) in [5.74, 6) is 5.91. The standard InChI is InChI=1S/C36H34F2N6O/c1-2-21-5-3-6-22-13-26(45)14-27(31(21)22)33-32(38)34-29(17-40-33)35(43-19-24-7-8-25(20-43)41-24)28(16-39)30(42-34)9-11-36-10-4-12-44(36)18-23(37)15-36/h3,5-6,13-14,17,23-25,41,45H,2,4,7-8,10,12,15,18-20H2,1H3/t23-,24?,25?,36-/m1/s1. The number of phenols is 1. The number of pyridine rings is 2. The van der Waals surface area contributed by atoms with Crippen LogP contribution in [0.3, 0.4) is 0 Å². The fourth-order valence-electron chi connectivity index (χ4n) is 8.31. The normalized spacial score (nSPS) is 25.8. The Morgan fingerprint density at radius 2 is 2.00 bits per heavy atom. The monoisotopic (exact) mass is 604 g/mol. The zero-order valence-electron chi connectivity index (χ0n) is 25.2. The molecular formula is C36H34F2N6O. The minimum Gasteiger partial charge on any atom is -0.508 e. The van der Waals surface area contributed by atoms with Gasteiger partial charge < -0.3 is 15.3 Å². The van der Waals surface area contributed by atoms with Crippen LogP contribution in [0.2, 0.25) is 0 Å². The number of aromatic nitrogens is 2. The molecule has 4 aromatic rings. The van der Waals surface area contributed by atoms with E-state index < -0.39 is 17.5 Å². The fourth-order valence-corrected chi connectivity index (χ4v) is 8.31. The second kappa shape index (κ2) is 10.7. The SMILES string of the molecule is CCc1cccc2cc(O)cc(-c3ncc4c(N5CC6CCC(C5)N6)c(C#N)c(C#C[C@@]56CCCN5C[C@H](F)C6)nc4c3F)c12. The van der Waals surface area contributed by atoms with Crippen molar-refractivity contribution in [1.82, 2.24) is 20.2 Å². The molecule has 228 valence electrons. The molecule has 0 spiro atoms. The van der Waals surface area contributed by atoms with Crippen molar-refractivity contribution in [3.8, 4) is 34.9 Å². The molecule has 2 N–H and O–H groups in total. The van der Waals surface area contributed by atoms with E-state index in [1.807, 2.05) is 25.1 Å². The Balaban J connectivity index is 1.37. The Kier molecular flexibility index (Phi) is 6.67. The number of halogens is 2. The molecule has 0 saturated carbocycles. The molecule has 4 saturated heterocycles. The number of benzene rings is 2. The lowest BCUT2D eigenvalue weighted by Crippen LogP contribution is -2.51. The molecule has 9 heteroatoms. The predicted molar refractivity (Wildman–Crippen MR) is 170 cm³/mol. The van der Waals surface area contributed by atoms with Crippen LogP contribution in [0.4, 0.5) is 14.5 Å². The van der Waals surface area contributed by atoms with Crippen LogP contribution < -0.4 is 10.2 Å². The summed E-state index contributed by atoms with van der Waals surface area (Å²) >= 11 is 0. The average Bonchev–Trinajstić information content (AvgIpc) is 3.68. The molecule has 2 aromatic carbocycles. The van der Waals surface area contributed by atoms with Crippen molar-refractivity contribution in [3.63, 3.8) is 0 Å². The lowest BCUT2D eigenvalue weighted by molar-refractivity contribution is 0.255. The minimum absolute atomic E-state index is 0.0199. The molecule has 4 aliphatic rings. The summed E-state index contributed by atoms with van der Waals surface area (Å²) in [7, 11) is 0. The van der Waals surface area contributed by atoms with Gasteiger partial charge >= 0.3 is 0 Å². The van der Waals surface area contributed by atoms with E-state index in [4.69, 9.17) is 4.98 Å². The van der Waals surface area contributed by atoms with Crippen LogP contribution in [0.1, 0.15) is 55.8 Å². The second-order valence-electron chi connectivity index (χ2n) is 13.0. The van der Waals surface area contributed by atoms with E-state index in [9.17, 15) is 14.8 Å². The maximum absolute atomic E-state index is 17.0. The molecule has 6 heterocycles. The highest BCUT2D eigenvalue weighted by molar-refractivity contribution is 6.02. The summed E-state index contributed by atoms with van der Waals surface area (Å²) in [5, 5.41) is 26.9. The number of nitrogens with one attached hydrogen (secondary N) is 1. The van der Waals surface area contributed by atoms with E-state index >= 15 is 4.39 Å². The van der Waals surface area contributed by atoms with Crippen LogP contribution in [0.5, 0.6) is 5.75 Å². The number of alkyl halides is 1. The summed E-state index contributed by atoms with van der Waals surface area (Å²) in [4.78, 5) is 13.7. The first kappa shape index (κ1) is 28.2. The third-order valence-electron chi connectivity index (χ3n) is 10.3. The lowest BCUT2D eigenvalue weighted by Gasteiger charge is -2.35. The van der Waals surface area contributed by atoms with Gasteiger partial charge in [0.15, 0.2) is 5.82 Å². The van der Waals surface area contributed by atoms with Crippen molar-refractivity contribution in [1.29, 1.82) is 5.26 Å². The molecule has 8 rings (SSSR count). The number of fused-ring (bicyclic) bond motifs is 5. The van der Waals surface area contributed by atoms with Crippen molar-refractivity contribution in [2.45, 2.75) is 69.2 Å². The number of aryl methyl sites for hydroxylation is 1. The minimum atomic E-state index is -0.942.